The summed E-state index contributed by atoms with van der Waals surface area (Å²) in [5.74, 6) is -1.32. The van der Waals surface area contributed by atoms with Gasteiger partial charge in [-0.25, -0.2) is 13.8 Å². The van der Waals surface area contributed by atoms with E-state index in [-0.39, 0.29) is 17.1 Å². The van der Waals surface area contributed by atoms with Gasteiger partial charge in [0.05, 0.1) is 11.3 Å². The van der Waals surface area contributed by atoms with Gasteiger partial charge in [-0.05, 0) is 19.1 Å². The average molecular weight is 209 g/mol. The summed E-state index contributed by atoms with van der Waals surface area (Å²) in [7, 11) is 0. The van der Waals surface area contributed by atoms with Gasteiger partial charge < -0.3 is 10.7 Å². The van der Waals surface area contributed by atoms with Crippen molar-refractivity contribution < 1.29 is 8.78 Å². The van der Waals surface area contributed by atoms with E-state index in [9.17, 15) is 8.78 Å². The van der Waals surface area contributed by atoms with Gasteiger partial charge >= 0.3 is 0 Å². The quantitative estimate of drug-likeness (QED) is 0.707. The van der Waals surface area contributed by atoms with Crippen molar-refractivity contribution >= 4 is 5.69 Å². The number of nitrogen functional groups attached to an aromatic ring is 1. The Morgan fingerprint density at radius 2 is 2.07 bits per heavy atom. The van der Waals surface area contributed by atoms with Crippen molar-refractivity contribution in [3.05, 3.63) is 35.7 Å². The number of benzene rings is 1. The SMILES string of the molecule is Cc1cnc(-c2c(F)ccc(N)c2F)[nH]1. The molecule has 2 rings (SSSR count). The molecular weight excluding hydrogens is 200 g/mol. The fourth-order valence-corrected chi connectivity index (χ4v) is 1.33. The second-order valence-corrected chi connectivity index (χ2v) is 3.24. The van der Waals surface area contributed by atoms with Crippen molar-refractivity contribution in [1.29, 1.82) is 0 Å². The number of hydrogen-bond donors (Lipinski definition) is 2. The molecule has 0 aliphatic rings. The van der Waals surface area contributed by atoms with E-state index >= 15 is 0 Å². The number of rotatable bonds is 1. The monoisotopic (exact) mass is 209 g/mol. The lowest BCUT2D eigenvalue weighted by molar-refractivity contribution is 0.591. The Morgan fingerprint density at radius 1 is 1.33 bits per heavy atom. The van der Waals surface area contributed by atoms with Crippen LogP contribution in [0.4, 0.5) is 14.5 Å². The molecule has 3 N–H and O–H groups in total. The highest BCUT2D eigenvalue weighted by Gasteiger charge is 2.16. The number of nitrogens with zero attached hydrogens (tertiary/aromatic N) is 1. The van der Waals surface area contributed by atoms with Crippen molar-refractivity contribution in [2.75, 3.05) is 5.73 Å². The van der Waals surface area contributed by atoms with E-state index in [4.69, 9.17) is 5.73 Å². The highest BCUT2D eigenvalue weighted by Crippen LogP contribution is 2.26. The van der Waals surface area contributed by atoms with Gasteiger partial charge in [0.1, 0.15) is 11.6 Å². The van der Waals surface area contributed by atoms with E-state index in [1.165, 1.54) is 12.3 Å². The molecule has 0 radical (unpaired) electrons. The summed E-state index contributed by atoms with van der Waals surface area (Å²) in [6.07, 6.45) is 1.50. The number of imidazole rings is 1. The maximum atomic E-state index is 13.5. The van der Waals surface area contributed by atoms with Crippen LogP contribution in [-0.2, 0) is 0 Å². The summed E-state index contributed by atoms with van der Waals surface area (Å²) in [4.78, 5) is 6.61. The normalized spacial score (nSPS) is 10.6. The average Bonchev–Trinajstić information content (AvgIpc) is 2.59. The third-order valence-electron chi connectivity index (χ3n) is 2.06. The molecule has 0 amide bonds. The molecule has 0 unspecified atom stereocenters. The van der Waals surface area contributed by atoms with Crippen molar-refractivity contribution in [2.45, 2.75) is 6.92 Å². The van der Waals surface area contributed by atoms with E-state index in [0.29, 0.717) is 0 Å². The second kappa shape index (κ2) is 3.34. The topological polar surface area (TPSA) is 54.7 Å². The number of halogens is 2. The standard InChI is InChI=1S/C10H9F2N3/c1-5-4-14-10(15-5)8-6(11)2-3-7(13)9(8)12/h2-4H,13H2,1H3,(H,14,15). The number of H-pyrrole nitrogens is 1. The molecule has 1 heterocycles. The molecule has 1 aromatic heterocycles. The van der Waals surface area contributed by atoms with Crippen LogP contribution in [0.2, 0.25) is 0 Å². The molecule has 2 aromatic rings. The molecule has 0 aliphatic heterocycles. The molecule has 0 saturated heterocycles. The summed E-state index contributed by atoms with van der Waals surface area (Å²) in [5, 5.41) is 0. The van der Waals surface area contributed by atoms with E-state index in [2.05, 4.69) is 9.97 Å². The Bertz CT molecular complexity index is 505. The first-order valence-corrected chi connectivity index (χ1v) is 4.35. The minimum Gasteiger partial charge on any atom is -0.396 e. The van der Waals surface area contributed by atoms with Crippen LogP contribution in [0.25, 0.3) is 11.4 Å². The molecule has 3 nitrogen and oxygen atoms in total. The van der Waals surface area contributed by atoms with Crippen LogP contribution in [0.5, 0.6) is 0 Å². The molecule has 0 atom stereocenters. The van der Waals surface area contributed by atoms with Crippen LogP contribution in [0, 0.1) is 18.6 Å². The van der Waals surface area contributed by atoms with E-state index in [0.717, 1.165) is 11.8 Å². The van der Waals surface area contributed by atoms with Gasteiger partial charge in [-0.2, -0.15) is 0 Å². The molecule has 0 bridgehead atoms. The van der Waals surface area contributed by atoms with Gasteiger partial charge in [-0.3, -0.25) is 0 Å². The minimum absolute atomic E-state index is 0.0968. The molecule has 0 fully saturated rings. The van der Waals surface area contributed by atoms with Crippen LogP contribution in [0.15, 0.2) is 18.3 Å². The van der Waals surface area contributed by atoms with Gasteiger partial charge in [0.25, 0.3) is 0 Å². The Balaban J connectivity index is 2.66. The Morgan fingerprint density at radius 3 is 2.67 bits per heavy atom. The lowest BCUT2D eigenvalue weighted by Gasteiger charge is -2.03. The Kier molecular flexibility index (Phi) is 2.15. The zero-order valence-corrected chi connectivity index (χ0v) is 8.01. The van der Waals surface area contributed by atoms with E-state index < -0.39 is 11.6 Å². The molecule has 0 aliphatic carbocycles. The van der Waals surface area contributed by atoms with Crippen LogP contribution in [0.1, 0.15) is 5.69 Å². The Labute approximate surface area is 85.0 Å². The largest absolute Gasteiger partial charge is 0.396 e. The molecule has 78 valence electrons. The van der Waals surface area contributed by atoms with E-state index in [1.807, 2.05) is 0 Å². The maximum Gasteiger partial charge on any atom is 0.159 e. The van der Waals surface area contributed by atoms with Gasteiger partial charge in [0, 0.05) is 11.9 Å². The first-order chi connectivity index (χ1) is 7.09. The molecule has 1 aromatic carbocycles. The summed E-state index contributed by atoms with van der Waals surface area (Å²) < 4.78 is 26.9. The first-order valence-electron chi connectivity index (χ1n) is 4.35. The number of nitrogens with two attached hydrogens (primary N) is 1. The van der Waals surface area contributed by atoms with Gasteiger partial charge in [-0.15, -0.1) is 0 Å². The second-order valence-electron chi connectivity index (χ2n) is 3.24. The smallest absolute Gasteiger partial charge is 0.159 e. The lowest BCUT2D eigenvalue weighted by Crippen LogP contribution is -1.97. The minimum atomic E-state index is -0.788. The fraction of sp³-hybridized carbons (Fsp3) is 0.100. The zero-order valence-electron chi connectivity index (χ0n) is 8.01. The highest BCUT2D eigenvalue weighted by atomic mass is 19.1. The molecule has 0 saturated carbocycles. The highest BCUT2D eigenvalue weighted by molar-refractivity contribution is 5.63. The van der Waals surface area contributed by atoms with Crippen molar-refractivity contribution in [3.8, 4) is 11.4 Å². The molecule has 0 spiro atoms. The summed E-state index contributed by atoms with van der Waals surface area (Å²) >= 11 is 0. The van der Waals surface area contributed by atoms with Crippen LogP contribution >= 0.6 is 0 Å². The molecule has 5 heteroatoms. The van der Waals surface area contributed by atoms with Gasteiger partial charge in [-0.1, -0.05) is 0 Å². The van der Waals surface area contributed by atoms with Crippen LogP contribution in [-0.4, -0.2) is 9.97 Å². The number of aromatic nitrogens is 2. The van der Waals surface area contributed by atoms with Gasteiger partial charge in [0.2, 0.25) is 0 Å². The summed E-state index contributed by atoms with van der Waals surface area (Å²) in [6, 6.07) is 2.30. The first kappa shape index (κ1) is 9.64. The van der Waals surface area contributed by atoms with Crippen molar-refractivity contribution in [2.24, 2.45) is 0 Å². The molecular formula is C10H9F2N3. The number of hydrogen-bond acceptors (Lipinski definition) is 2. The number of anilines is 1. The third-order valence-corrected chi connectivity index (χ3v) is 2.06. The Hall–Kier alpha value is -1.91. The van der Waals surface area contributed by atoms with Crippen LogP contribution < -0.4 is 5.73 Å². The number of nitrogens with one attached hydrogen (secondary N) is 1. The van der Waals surface area contributed by atoms with Crippen molar-refractivity contribution in [3.63, 3.8) is 0 Å². The number of aryl methyl sites for hydroxylation is 1. The summed E-state index contributed by atoms with van der Waals surface area (Å²) in [5.41, 5.74) is 5.76. The lowest BCUT2D eigenvalue weighted by atomic mass is 10.1. The zero-order chi connectivity index (χ0) is 11.0. The van der Waals surface area contributed by atoms with Crippen LogP contribution in [0.3, 0.4) is 0 Å². The number of aromatic amines is 1. The maximum absolute atomic E-state index is 13.5. The predicted molar refractivity (Wildman–Crippen MR) is 53.1 cm³/mol. The summed E-state index contributed by atoms with van der Waals surface area (Å²) in [6.45, 7) is 1.75. The van der Waals surface area contributed by atoms with Gasteiger partial charge in [0.15, 0.2) is 5.82 Å². The predicted octanol–water partition coefficient (Wildman–Crippen LogP) is 2.25. The molecule has 15 heavy (non-hydrogen) atoms. The van der Waals surface area contributed by atoms with Crippen molar-refractivity contribution in [1.82, 2.24) is 9.97 Å². The fourth-order valence-electron chi connectivity index (χ4n) is 1.33. The van der Waals surface area contributed by atoms with E-state index in [1.54, 1.807) is 6.92 Å². The third kappa shape index (κ3) is 1.56.